The molecule has 388 valence electrons. The lowest BCUT2D eigenvalue weighted by molar-refractivity contribution is 0.0526. The molecule has 0 atom stereocenters. The molecule has 8 heteroatoms. The molecule has 0 aromatic heterocycles. The summed E-state index contributed by atoms with van der Waals surface area (Å²) in [5, 5.41) is 74.5. The van der Waals surface area contributed by atoms with E-state index < -0.39 is 5.97 Å². The fraction of sp³-hybridized carbons (Fsp3) is 0.431. The highest BCUT2D eigenvalue weighted by Gasteiger charge is 2.29. The number of carbonyl (C=O) groups excluding carboxylic acids is 1. The third-order valence-corrected chi connectivity index (χ3v) is 14.7. The van der Waals surface area contributed by atoms with Crippen molar-refractivity contribution in [3.05, 3.63) is 173 Å². The summed E-state index contributed by atoms with van der Waals surface area (Å²) in [7, 11) is 0. The van der Waals surface area contributed by atoms with Gasteiger partial charge in [-0.1, -0.05) is 165 Å². The maximum absolute atomic E-state index is 13.6. The molecule has 1 aliphatic rings. The topological polar surface area (TPSA) is 148 Å². The van der Waals surface area contributed by atoms with Crippen LogP contribution in [-0.4, -0.2) is 43.2 Å². The third-order valence-electron chi connectivity index (χ3n) is 14.7. The number of carbonyl (C=O) groups is 1. The molecule has 12 bridgehead atoms. The molecule has 0 unspecified atom stereocenters. The molecular weight excluding hydrogens is 909 g/mol. The largest absolute Gasteiger partial charge is 0.507 e. The zero-order valence-corrected chi connectivity index (χ0v) is 46.4. The predicted octanol–water partition coefficient (Wildman–Crippen LogP) is 14.4. The summed E-state index contributed by atoms with van der Waals surface area (Å²) in [6, 6.07) is 23.2. The lowest BCUT2D eigenvalue weighted by Crippen LogP contribution is -2.15. The highest BCUT2D eigenvalue weighted by atomic mass is 16.5. The van der Waals surface area contributed by atoms with E-state index in [1.54, 1.807) is 19.1 Å². The minimum absolute atomic E-state index is 0.00784. The molecule has 0 aliphatic heterocycles. The number of hydrogen-bond acceptors (Lipinski definition) is 8. The van der Waals surface area contributed by atoms with Crippen molar-refractivity contribution in [3.63, 3.8) is 0 Å². The first-order valence-corrected chi connectivity index (χ1v) is 25.9. The molecule has 0 radical (unpaired) electrons. The van der Waals surface area contributed by atoms with E-state index in [-0.39, 0.29) is 112 Å². The van der Waals surface area contributed by atoms with Crippen molar-refractivity contribution in [2.75, 3.05) is 6.61 Å². The number of esters is 1. The smallest absolute Gasteiger partial charge is 0.338 e. The second-order valence-corrected chi connectivity index (χ2v) is 25.9. The molecule has 73 heavy (non-hydrogen) atoms. The van der Waals surface area contributed by atoms with Gasteiger partial charge in [0.15, 0.2) is 0 Å². The minimum Gasteiger partial charge on any atom is -0.507 e. The molecule has 0 saturated carbocycles. The normalized spacial score (nSPS) is 13.9. The Bertz CT molecular complexity index is 2930. The second-order valence-electron chi connectivity index (χ2n) is 25.9. The van der Waals surface area contributed by atoms with Gasteiger partial charge in [-0.15, -0.1) is 0 Å². The summed E-state index contributed by atoms with van der Waals surface area (Å²) in [5.74, 6) is -0.404. The minimum atomic E-state index is -0.566. The quantitative estimate of drug-likeness (QED) is 0.0939. The molecule has 0 saturated heterocycles. The summed E-state index contributed by atoms with van der Waals surface area (Å²) in [6.07, 6.45) is 0.836. The Kier molecular flexibility index (Phi) is 14.5. The maximum Gasteiger partial charge on any atom is 0.338 e. The SMILES string of the molecule is CCOC(=O)c1cc2c(O)c(c1)Cc1cc(C(C)(C)C)cc(c1O)Cc1cc(C(C)(C)C)cc(c1O)Cc1cc(C(C)(C)C)cc(c1O)Cc1cc(C(C)(C)C)cc(c1O)Cc1cc(C(C)(C)C)cc(c1O)C2. The lowest BCUT2D eigenvalue weighted by atomic mass is 9.79. The molecule has 7 rings (SSSR count). The van der Waals surface area contributed by atoms with Crippen LogP contribution in [0.3, 0.4) is 0 Å². The summed E-state index contributed by atoms with van der Waals surface area (Å²) in [5.41, 5.74) is 10.1. The Morgan fingerprint density at radius 1 is 0.329 bits per heavy atom. The van der Waals surface area contributed by atoms with Crippen molar-refractivity contribution >= 4 is 5.97 Å². The van der Waals surface area contributed by atoms with Gasteiger partial charge in [0.05, 0.1) is 12.2 Å². The number of aromatic hydroxyl groups is 6. The molecule has 6 aromatic carbocycles. The molecule has 0 heterocycles. The Hall–Kier alpha value is -6.41. The number of hydrogen-bond donors (Lipinski definition) is 6. The van der Waals surface area contributed by atoms with Gasteiger partial charge < -0.3 is 35.4 Å². The van der Waals surface area contributed by atoms with Gasteiger partial charge >= 0.3 is 5.97 Å². The van der Waals surface area contributed by atoms with Crippen LogP contribution in [0.25, 0.3) is 0 Å². The van der Waals surface area contributed by atoms with Crippen LogP contribution in [-0.2, 0) is 70.3 Å². The van der Waals surface area contributed by atoms with Crippen LogP contribution in [0.1, 0.15) is 216 Å². The van der Waals surface area contributed by atoms with Crippen LogP contribution in [0.15, 0.2) is 72.8 Å². The van der Waals surface area contributed by atoms with Crippen molar-refractivity contribution in [2.45, 2.75) is 176 Å². The van der Waals surface area contributed by atoms with Gasteiger partial charge in [-0.3, -0.25) is 0 Å². The van der Waals surface area contributed by atoms with Crippen LogP contribution in [0.2, 0.25) is 0 Å². The average molecular weight is 989 g/mol. The number of phenols is 6. The van der Waals surface area contributed by atoms with E-state index >= 15 is 0 Å². The van der Waals surface area contributed by atoms with Gasteiger partial charge in [-0.2, -0.15) is 0 Å². The monoisotopic (exact) mass is 989 g/mol. The van der Waals surface area contributed by atoms with E-state index in [0.29, 0.717) is 66.8 Å². The van der Waals surface area contributed by atoms with E-state index in [0.717, 1.165) is 27.8 Å². The standard InChI is InChI=1S/C65H80O8/c1-17-73-60(72)48-24-36-18-38-26-49(61(2,3)4)28-40(55(38)67)20-42-30-51(63(8,9)10)32-44(57(42)69)22-46-34-53(65(14,15)16)35-47(59(46)71)23-45-33-52(64(11,12)13)31-43(58(45)70)21-41-29-50(62(5,6)7)27-39(56(41)68)19-37(25-48)54(36)66/h24-35,66-71H,17-23H2,1-16H3. The summed E-state index contributed by atoms with van der Waals surface area (Å²) >= 11 is 0. The van der Waals surface area contributed by atoms with Crippen molar-refractivity contribution in [1.82, 2.24) is 0 Å². The van der Waals surface area contributed by atoms with Gasteiger partial charge in [0.1, 0.15) is 34.5 Å². The second kappa shape index (κ2) is 19.5. The van der Waals surface area contributed by atoms with Gasteiger partial charge in [0.2, 0.25) is 0 Å². The van der Waals surface area contributed by atoms with Crippen LogP contribution >= 0.6 is 0 Å². The van der Waals surface area contributed by atoms with Gasteiger partial charge in [-0.05, 0) is 141 Å². The summed E-state index contributed by atoms with van der Waals surface area (Å²) < 4.78 is 5.52. The van der Waals surface area contributed by atoms with Crippen molar-refractivity contribution in [1.29, 1.82) is 0 Å². The van der Waals surface area contributed by atoms with Crippen LogP contribution in [0.5, 0.6) is 34.5 Å². The van der Waals surface area contributed by atoms with E-state index in [9.17, 15) is 35.4 Å². The van der Waals surface area contributed by atoms with E-state index in [4.69, 9.17) is 4.74 Å². The third kappa shape index (κ3) is 11.7. The first-order chi connectivity index (χ1) is 33.6. The van der Waals surface area contributed by atoms with E-state index in [1.165, 1.54) is 0 Å². The van der Waals surface area contributed by atoms with Crippen molar-refractivity contribution < 1.29 is 40.2 Å². The molecule has 1 aliphatic carbocycles. The van der Waals surface area contributed by atoms with Gasteiger partial charge in [0.25, 0.3) is 0 Å². The number of rotatable bonds is 2. The van der Waals surface area contributed by atoms with Crippen molar-refractivity contribution in [2.24, 2.45) is 0 Å². The highest BCUT2D eigenvalue weighted by Crippen LogP contribution is 2.44. The van der Waals surface area contributed by atoms with Gasteiger partial charge in [0, 0.05) is 38.5 Å². The Morgan fingerprint density at radius 3 is 0.616 bits per heavy atom. The van der Waals surface area contributed by atoms with Gasteiger partial charge in [-0.25, -0.2) is 4.79 Å². The first kappa shape index (κ1) is 54.4. The number of benzene rings is 6. The summed E-state index contributed by atoms with van der Waals surface area (Å²) in [6.45, 7) is 33.6. The van der Waals surface area contributed by atoms with Crippen LogP contribution < -0.4 is 0 Å². The zero-order valence-electron chi connectivity index (χ0n) is 46.4. The molecule has 8 nitrogen and oxygen atoms in total. The molecule has 6 aromatic rings. The molecule has 6 N–H and O–H groups in total. The molecular formula is C65H80O8. The van der Waals surface area contributed by atoms with Crippen LogP contribution in [0.4, 0.5) is 0 Å². The highest BCUT2D eigenvalue weighted by molar-refractivity contribution is 5.90. The fourth-order valence-corrected chi connectivity index (χ4v) is 9.91. The van der Waals surface area contributed by atoms with E-state index in [1.807, 2.05) is 60.7 Å². The maximum atomic E-state index is 13.6. The number of fused-ring (bicyclic) bond motifs is 12. The summed E-state index contributed by atoms with van der Waals surface area (Å²) in [4.78, 5) is 13.6. The van der Waals surface area contributed by atoms with Crippen molar-refractivity contribution in [3.8, 4) is 34.5 Å². The molecule has 0 fully saturated rings. The molecule has 0 amide bonds. The number of ether oxygens (including phenoxy) is 1. The zero-order chi connectivity index (χ0) is 54.1. The first-order valence-electron chi connectivity index (χ1n) is 25.9. The Morgan fingerprint density at radius 2 is 0.479 bits per heavy atom. The number of phenolic OH excluding ortho intramolecular Hbond substituents is 6. The van der Waals surface area contributed by atoms with Crippen LogP contribution in [0, 0.1) is 0 Å². The Labute approximate surface area is 434 Å². The Balaban J connectivity index is 1.58. The van der Waals surface area contributed by atoms with E-state index in [2.05, 4.69) is 104 Å². The predicted molar refractivity (Wildman–Crippen MR) is 295 cm³/mol. The fourth-order valence-electron chi connectivity index (χ4n) is 9.91. The lowest BCUT2D eigenvalue weighted by Gasteiger charge is -2.26. The average Bonchev–Trinajstić information content (AvgIpc) is 3.26. The molecule has 0 spiro atoms.